The Morgan fingerprint density at radius 1 is 0.400 bits per heavy atom. The summed E-state index contributed by atoms with van der Waals surface area (Å²) in [5, 5.41) is 8.22. The Balaban J connectivity index is 0. The van der Waals surface area contributed by atoms with Crippen LogP contribution in [-0.4, -0.2) is 88.7 Å². The van der Waals surface area contributed by atoms with Crippen LogP contribution in [0.5, 0.6) is 0 Å². The summed E-state index contributed by atoms with van der Waals surface area (Å²) in [5.74, 6) is -90.0. The molecule has 0 aliphatic carbocycles. The normalized spacial score (nSPS) is 25.3. The maximum Gasteiger partial charge on any atom is 1.00 e. The van der Waals surface area contributed by atoms with E-state index in [0.717, 1.165) is 0 Å². The first kappa shape index (κ1) is 44.0. The molecule has 2 atom stereocenters. The van der Waals surface area contributed by atoms with E-state index in [1.165, 1.54) is 9.47 Å². The molecule has 266 valence electrons. The average molecular weight is 754 g/mol. The number of rotatable bonds is 9. The van der Waals surface area contributed by atoms with E-state index in [2.05, 4.69) is 0 Å². The first-order valence-electron chi connectivity index (χ1n) is 9.14. The van der Waals surface area contributed by atoms with Crippen molar-refractivity contribution in [3.8, 4) is 0 Å². The van der Waals surface area contributed by atoms with Gasteiger partial charge < -0.3 is 6.53 Å². The molecule has 45 heavy (non-hydrogen) atoms. The smallest absolute Gasteiger partial charge is 1.00 e. The average Bonchev–Trinajstić information content (AvgIpc) is 2.99. The largest absolute Gasteiger partial charge is 1.00 e. The molecule has 1 fully saturated rings. The van der Waals surface area contributed by atoms with Gasteiger partial charge in [0.2, 0.25) is 0 Å². The van der Waals surface area contributed by atoms with Crippen LogP contribution in [0.1, 0.15) is 1.43 Å². The van der Waals surface area contributed by atoms with Crippen LogP contribution in [0, 0.1) is 0 Å². The van der Waals surface area contributed by atoms with Gasteiger partial charge in [0.25, 0.3) is 0 Å². The minimum Gasteiger partial charge on any atom is -1.00 e. The third-order valence-corrected chi connectivity index (χ3v) is 5.22. The van der Waals surface area contributed by atoms with Crippen LogP contribution in [0.4, 0.5) is 119 Å². The molecule has 2 unspecified atom stereocenters. The molecule has 3 nitrogen and oxygen atoms in total. The summed E-state index contributed by atoms with van der Waals surface area (Å²) in [6, 6.07) is 0. The van der Waals surface area contributed by atoms with Crippen molar-refractivity contribution in [1.29, 1.82) is 0 Å². The zero-order valence-electron chi connectivity index (χ0n) is 20.5. The molecule has 1 rings (SSSR count). The van der Waals surface area contributed by atoms with Gasteiger partial charge in [-0.05, 0) is 0 Å². The second-order valence-corrected chi connectivity index (χ2v) is 8.06. The maximum absolute atomic E-state index is 14.5. The van der Waals surface area contributed by atoms with Crippen molar-refractivity contribution in [2.24, 2.45) is 0 Å². The van der Waals surface area contributed by atoms with E-state index in [0.29, 0.717) is 0 Å². The van der Waals surface area contributed by atoms with Crippen LogP contribution in [0.2, 0.25) is 0 Å². The molecule has 0 aromatic heterocycles. The summed E-state index contributed by atoms with van der Waals surface area (Å²) in [6.07, 6.45) is -33.1. The topological polar surface area (TPSA) is 38.7 Å². The van der Waals surface area contributed by atoms with E-state index in [4.69, 9.17) is 5.11 Å². The quantitative estimate of drug-likeness (QED) is 0.270. The van der Waals surface area contributed by atoms with E-state index in [9.17, 15) is 119 Å². The number of halogens is 27. The molecule has 1 N–H and O–H groups in total. The Morgan fingerprint density at radius 3 is 0.911 bits per heavy atom. The second-order valence-electron chi connectivity index (χ2n) is 8.06. The van der Waals surface area contributed by atoms with E-state index in [1.54, 1.807) is 0 Å². The standard InChI is InChI=1S/C14HF27O3.Na.H/c15-1(16,3(19,20)7(27,28)11(32,33)34)5(23,24)9(31)14(40,41)44-10(43-9,13(38,39)42)6(25,26)2(17,18)4(21,22)8(29,30)12(35,36)37;;/h42H;;/q;+1;-1. The Labute approximate surface area is 248 Å². The number of hydrogen-bond acceptors (Lipinski definition) is 3. The van der Waals surface area contributed by atoms with Crippen LogP contribution in [0.25, 0.3) is 0 Å². The summed E-state index contributed by atoms with van der Waals surface area (Å²) >= 11 is 0. The first-order valence-corrected chi connectivity index (χ1v) is 9.14. The number of ether oxygens (including phenoxy) is 2. The predicted octanol–water partition coefficient (Wildman–Crippen LogP) is 4.90. The molecule has 1 aliphatic heterocycles. The van der Waals surface area contributed by atoms with Crippen molar-refractivity contribution in [2.75, 3.05) is 0 Å². The van der Waals surface area contributed by atoms with E-state index < -0.39 is 83.6 Å². The van der Waals surface area contributed by atoms with Crippen molar-refractivity contribution in [3.05, 3.63) is 0 Å². The zero-order chi connectivity index (χ0) is 36.4. The number of aliphatic hydroxyl groups is 1. The van der Waals surface area contributed by atoms with E-state index >= 15 is 0 Å². The zero-order valence-corrected chi connectivity index (χ0v) is 21.5. The first-order chi connectivity index (χ1) is 18.4. The van der Waals surface area contributed by atoms with Gasteiger partial charge >= 0.3 is 113 Å². The summed E-state index contributed by atoms with van der Waals surface area (Å²) < 4.78 is 361. The molecule has 0 aromatic carbocycles. The SMILES string of the molecule is OC(F)(F)C1(C(F)(F)C(F)(F)C(F)(F)C(F)(F)C(F)(F)F)OC(F)(F)C(F)(C(F)(F)C(F)(F)C(F)(F)C(F)(F)C(F)(F)F)O1.[H-].[Na+]. The molecular formula is C14H2F27NaO3. The molecule has 1 aliphatic rings. The second kappa shape index (κ2) is 10.5. The van der Waals surface area contributed by atoms with Crippen molar-refractivity contribution in [2.45, 2.75) is 83.6 Å². The van der Waals surface area contributed by atoms with Gasteiger partial charge in [-0.15, -0.1) is 0 Å². The molecule has 0 bridgehead atoms. The third kappa shape index (κ3) is 5.10. The minimum atomic E-state index is -9.31. The molecule has 1 saturated heterocycles. The van der Waals surface area contributed by atoms with Gasteiger partial charge in [0.1, 0.15) is 0 Å². The van der Waals surface area contributed by atoms with Gasteiger partial charge in [-0.25, -0.2) is 0 Å². The molecule has 0 spiro atoms. The van der Waals surface area contributed by atoms with Crippen LogP contribution in [-0.2, 0) is 9.47 Å². The molecule has 0 radical (unpaired) electrons. The predicted molar refractivity (Wildman–Crippen MR) is 73.7 cm³/mol. The van der Waals surface area contributed by atoms with Gasteiger partial charge in [-0.3, -0.25) is 9.47 Å². The molecule has 0 amide bonds. The fraction of sp³-hybridized carbons (Fsp3) is 1.00. The van der Waals surface area contributed by atoms with Gasteiger partial charge in [-0.1, -0.05) is 0 Å². The molecule has 0 saturated carbocycles. The van der Waals surface area contributed by atoms with Crippen LogP contribution in [0.15, 0.2) is 0 Å². The van der Waals surface area contributed by atoms with Crippen LogP contribution >= 0.6 is 0 Å². The van der Waals surface area contributed by atoms with Gasteiger partial charge in [0, 0.05) is 0 Å². The minimum absolute atomic E-state index is 0. The van der Waals surface area contributed by atoms with Crippen molar-refractivity contribution in [3.63, 3.8) is 0 Å². The summed E-state index contributed by atoms with van der Waals surface area (Å²) in [7, 11) is 0. The van der Waals surface area contributed by atoms with Crippen molar-refractivity contribution >= 4 is 0 Å². The fourth-order valence-corrected chi connectivity index (χ4v) is 2.76. The van der Waals surface area contributed by atoms with Crippen LogP contribution in [0.3, 0.4) is 0 Å². The molecule has 0 aromatic rings. The summed E-state index contributed by atoms with van der Waals surface area (Å²) in [5.41, 5.74) is 0. The van der Waals surface area contributed by atoms with Crippen molar-refractivity contribution in [1.82, 2.24) is 0 Å². The van der Waals surface area contributed by atoms with E-state index in [1.807, 2.05) is 0 Å². The van der Waals surface area contributed by atoms with Gasteiger partial charge in [0.15, 0.2) is 0 Å². The maximum atomic E-state index is 14.5. The Hall–Kier alpha value is -1.01. The summed E-state index contributed by atoms with van der Waals surface area (Å²) in [6.45, 7) is 0. The number of hydrogen-bond donors (Lipinski definition) is 1. The Morgan fingerprint density at radius 2 is 0.667 bits per heavy atom. The molecule has 31 heteroatoms. The molecule has 1 heterocycles. The fourth-order valence-electron chi connectivity index (χ4n) is 2.76. The van der Waals surface area contributed by atoms with Crippen LogP contribution < -0.4 is 29.6 Å². The van der Waals surface area contributed by atoms with Crippen molar-refractivity contribution < 1.29 is 164 Å². The Kier molecular flexibility index (Phi) is 10.3. The van der Waals surface area contributed by atoms with Gasteiger partial charge in [-0.2, -0.15) is 119 Å². The third-order valence-electron chi connectivity index (χ3n) is 5.22. The Bertz CT molecular complexity index is 1110. The van der Waals surface area contributed by atoms with Gasteiger partial charge in [0.05, 0.1) is 0 Å². The summed E-state index contributed by atoms with van der Waals surface area (Å²) in [4.78, 5) is 0. The monoisotopic (exact) mass is 754 g/mol. The molecular weight excluding hydrogens is 752 g/mol. The van der Waals surface area contributed by atoms with E-state index in [-0.39, 0.29) is 31.0 Å². The number of alkyl halides is 27.